The molecular weight excluding hydrogens is 444 g/mol. The highest BCUT2D eigenvalue weighted by molar-refractivity contribution is 5.94. The van der Waals surface area contributed by atoms with Crippen LogP contribution in [0.3, 0.4) is 0 Å². The van der Waals surface area contributed by atoms with Crippen molar-refractivity contribution in [3.05, 3.63) is 11.6 Å². The SMILES string of the molecule is COC[C@@H]1CCCN1C(=O)C(C)=C[C@H](C(C)C)N(C)C(=O)[C@@H](NC(=O)C1CCCCN1C)C(C)C. The van der Waals surface area contributed by atoms with Gasteiger partial charge in [-0.1, -0.05) is 40.2 Å². The van der Waals surface area contributed by atoms with Gasteiger partial charge in [-0.3, -0.25) is 19.3 Å². The highest BCUT2D eigenvalue weighted by atomic mass is 16.5. The van der Waals surface area contributed by atoms with Gasteiger partial charge in [0, 0.05) is 26.3 Å². The molecular formula is C27H48N4O4. The first-order valence-electron chi connectivity index (χ1n) is 13.2. The van der Waals surface area contributed by atoms with Gasteiger partial charge in [0.2, 0.25) is 17.7 Å². The maximum atomic E-state index is 13.6. The fourth-order valence-corrected chi connectivity index (χ4v) is 5.31. The molecule has 200 valence electrons. The Morgan fingerprint density at radius 3 is 2.31 bits per heavy atom. The molecule has 2 saturated heterocycles. The molecule has 2 aliphatic heterocycles. The number of carbonyl (C=O) groups is 3. The summed E-state index contributed by atoms with van der Waals surface area (Å²) in [5.74, 6) is -0.144. The number of likely N-dealkylation sites (N-methyl/N-ethyl adjacent to an activating group) is 2. The maximum absolute atomic E-state index is 13.6. The molecule has 8 heteroatoms. The lowest BCUT2D eigenvalue weighted by Gasteiger charge is -2.36. The molecule has 2 fully saturated rings. The highest BCUT2D eigenvalue weighted by Crippen LogP contribution is 2.22. The van der Waals surface area contributed by atoms with Gasteiger partial charge in [-0.15, -0.1) is 0 Å². The van der Waals surface area contributed by atoms with Crippen molar-refractivity contribution in [2.24, 2.45) is 11.8 Å². The predicted molar refractivity (Wildman–Crippen MR) is 139 cm³/mol. The zero-order valence-electron chi connectivity index (χ0n) is 23.2. The van der Waals surface area contributed by atoms with E-state index >= 15 is 0 Å². The van der Waals surface area contributed by atoms with Gasteiger partial charge >= 0.3 is 0 Å². The van der Waals surface area contributed by atoms with Crippen LogP contribution in [0.15, 0.2) is 11.6 Å². The Hall–Kier alpha value is -1.93. The molecule has 0 bridgehead atoms. The quantitative estimate of drug-likeness (QED) is 0.474. The van der Waals surface area contributed by atoms with E-state index in [1.54, 1.807) is 19.1 Å². The fourth-order valence-electron chi connectivity index (χ4n) is 5.31. The molecule has 8 nitrogen and oxygen atoms in total. The van der Waals surface area contributed by atoms with E-state index in [0.29, 0.717) is 12.2 Å². The first-order chi connectivity index (χ1) is 16.5. The van der Waals surface area contributed by atoms with E-state index in [1.807, 2.05) is 52.6 Å². The molecule has 4 atom stereocenters. The van der Waals surface area contributed by atoms with Gasteiger partial charge in [0.05, 0.1) is 24.7 Å². The number of nitrogens with one attached hydrogen (secondary N) is 1. The second-order valence-corrected chi connectivity index (χ2v) is 11.0. The molecule has 1 N–H and O–H groups in total. The number of likely N-dealkylation sites (tertiary alicyclic amines) is 2. The fraction of sp³-hybridized carbons (Fsp3) is 0.815. The van der Waals surface area contributed by atoms with Crippen molar-refractivity contribution in [3.63, 3.8) is 0 Å². The van der Waals surface area contributed by atoms with E-state index in [9.17, 15) is 14.4 Å². The van der Waals surface area contributed by atoms with E-state index in [-0.39, 0.29) is 47.7 Å². The second-order valence-electron chi connectivity index (χ2n) is 11.0. The molecule has 2 rings (SSSR count). The van der Waals surface area contributed by atoms with Crippen molar-refractivity contribution in [2.45, 2.75) is 90.9 Å². The Bertz CT molecular complexity index is 766. The zero-order chi connectivity index (χ0) is 26.3. The van der Waals surface area contributed by atoms with Crippen LogP contribution in [0.2, 0.25) is 0 Å². The number of methoxy groups -OCH3 is 1. The average molecular weight is 493 g/mol. The third-order valence-electron chi connectivity index (χ3n) is 7.54. The molecule has 0 radical (unpaired) electrons. The summed E-state index contributed by atoms with van der Waals surface area (Å²) in [5.41, 5.74) is 0.639. The number of hydrogen-bond donors (Lipinski definition) is 1. The van der Waals surface area contributed by atoms with E-state index < -0.39 is 6.04 Å². The molecule has 2 heterocycles. The minimum atomic E-state index is -0.613. The number of hydrogen-bond acceptors (Lipinski definition) is 5. The minimum Gasteiger partial charge on any atom is -0.383 e. The summed E-state index contributed by atoms with van der Waals surface area (Å²) in [5, 5.41) is 3.05. The third kappa shape index (κ3) is 7.53. The van der Waals surface area contributed by atoms with E-state index in [2.05, 4.69) is 10.2 Å². The predicted octanol–water partition coefficient (Wildman–Crippen LogP) is 2.68. The largest absolute Gasteiger partial charge is 0.383 e. The van der Waals surface area contributed by atoms with Crippen LogP contribution in [0.5, 0.6) is 0 Å². The van der Waals surface area contributed by atoms with Crippen molar-refractivity contribution in [1.29, 1.82) is 0 Å². The lowest BCUT2D eigenvalue weighted by Crippen LogP contribution is -2.57. The van der Waals surface area contributed by atoms with Gasteiger partial charge in [-0.25, -0.2) is 0 Å². The van der Waals surface area contributed by atoms with Crippen LogP contribution in [-0.2, 0) is 19.1 Å². The molecule has 0 spiro atoms. The lowest BCUT2D eigenvalue weighted by atomic mass is 9.96. The Kier molecular flexibility index (Phi) is 11.2. The lowest BCUT2D eigenvalue weighted by molar-refractivity contribution is -0.139. The summed E-state index contributed by atoms with van der Waals surface area (Å²) in [6.45, 7) is 12.0. The first-order valence-corrected chi connectivity index (χ1v) is 13.2. The normalized spacial score (nSPS) is 23.5. The summed E-state index contributed by atoms with van der Waals surface area (Å²) in [4.78, 5) is 45.6. The number of ether oxygens (including phenoxy) is 1. The number of nitrogens with zero attached hydrogens (tertiary/aromatic N) is 3. The highest BCUT2D eigenvalue weighted by Gasteiger charge is 2.35. The number of piperidine rings is 1. The van der Waals surface area contributed by atoms with Gasteiger partial charge < -0.3 is 19.9 Å². The van der Waals surface area contributed by atoms with Crippen molar-refractivity contribution in [3.8, 4) is 0 Å². The van der Waals surface area contributed by atoms with Gasteiger partial charge in [0.15, 0.2) is 0 Å². The molecule has 2 aliphatic rings. The van der Waals surface area contributed by atoms with Crippen LogP contribution in [0.1, 0.15) is 66.7 Å². The smallest absolute Gasteiger partial charge is 0.249 e. The Balaban J connectivity index is 2.17. The Morgan fingerprint density at radius 1 is 1.06 bits per heavy atom. The van der Waals surface area contributed by atoms with Crippen LogP contribution >= 0.6 is 0 Å². The average Bonchev–Trinajstić information content (AvgIpc) is 3.27. The van der Waals surface area contributed by atoms with E-state index in [1.165, 1.54) is 0 Å². The van der Waals surface area contributed by atoms with Crippen LogP contribution in [0, 0.1) is 11.8 Å². The van der Waals surface area contributed by atoms with Crippen molar-refractivity contribution >= 4 is 17.7 Å². The Labute approximate surface area is 212 Å². The zero-order valence-corrected chi connectivity index (χ0v) is 23.2. The van der Waals surface area contributed by atoms with Gasteiger partial charge in [0.25, 0.3) is 0 Å². The van der Waals surface area contributed by atoms with E-state index in [0.717, 1.165) is 45.2 Å². The molecule has 0 aliphatic carbocycles. The molecule has 1 unspecified atom stereocenters. The van der Waals surface area contributed by atoms with Gasteiger partial charge in [-0.2, -0.15) is 0 Å². The van der Waals surface area contributed by atoms with Crippen molar-refractivity contribution in [1.82, 2.24) is 20.0 Å². The standard InChI is InChI=1S/C27H48N4O4/c1-18(2)23(16-20(5)26(33)31-15-11-12-21(31)17-35-8)30(7)27(34)24(19(3)4)28-25(32)22-13-9-10-14-29(22)6/h16,18-19,21-24H,9-15,17H2,1-8H3,(H,28,32)/t21-,22?,23+,24-/m0/s1. The summed E-state index contributed by atoms with van der Waals surface area (Å²) < 4.78 is 5.30. The van der Waals surface area contributed by atoms with Crippen LogP contribution < -0.4 is 5.32 Å². The molecule has 0 saturated carbocycles. The maximum Gasteiger partial charge on any atom is 0.249 e. The van der Waals surface area contributed by atoms with Crippen LogP contribution in [0.25, 0.3) is 0 Å². The van der Waals surface area contributed by atoms with Crippen molar-refractivity contribution in [2.75, 3.05) is 40.9 Å². The monoisotopic (exact) mass is 492 g/mol. The van der Waals surface area contributed by atoms with Crippen molar-refractivity contribution < 1.29 is 19.1 Å². The summed E-state index contributed by atoms with van der Waals surface area (Å²) in [6.07, 6.45) is 6.78. The van der Waals surface area contributed by atoms with Gasteiger partial charge in [-0.05, 0) is 58.0 Å². The van der Waals surface area contributed by atoms with Crippen LogP contribution in [0.4, 0.5) is 0 Å². The third-order valence-corrected chi connectivity index (χ3v) is 7.54. The summed E-state index contributed by atoms with van der Waals surface area (Å²) in [6, 6.07) is -0.959. The van der Waals surface area contributed by atoms with E-state index in [4.69, 9.17) is 4.74 Å². The van der Waals surface area contributed by atoms with Gasteiger partial charge in [0.1, 0.15) is 6.04 Å². The molecule has 0 aromatic carbocycles. The molecule has 0 aromatic heterocycles. The molecule has 3 amide bonds. The number of carbonyl (C=O) groups excluding carboxylic acids is 3. The summed E-state index contributed by atoms with van der Waals surface area (Å²) in [7, 11) is 5.41. The minimum absolute atomic E-state index is 0.00472. The summed E-state index contributed by atoms with van der Waals surface area (Å²) >= 11 is 0. The Morgan fingerprint density at radius 2 is 1.74 bits per heavy atom. The second kappa shape index (κ2) is 13.4. The number of rotatable bonds is 10. The topological polar surface area (TPSA) is 82.2 Å². The first kappa shape index (κ1) is 29.3. The number of amides is 3. The molecule has 35 heavy (non-hydrogen) atoms. The van der Waals surface area contributed by atoms with Crippen LogP contribution in [-0.4, -0.2) is 97.5 Å². The molecule has 0 aromatic rings.